The summed E-state index contributed by atoms with van der Waals surface area (Å²) in [6.07, 6.45) is 0. The van der Waals surface area contributed by atoms with Crippen LogP contribution in [0.2, 0.25) is 0 Å². The number of carbonyl (C=O) groups is 1. The molecule has 0 bridgehead atoms. The van der Waals surface area contributed by atoms with E-state index in [1.807, 2.05) is 6.07 Å². The molecule has 1 aromatic heterocycles. The minimum absolute atomic E-state index is 0.00133. The number of ketones is 1. The molecule has 2 aromatic carbocycles. The highest BCUT2D eigenvalue weighted by Crippen LogP contribution is 2.26. The third-order valence-corrected chi connectivity index (χ3v) is 3.72. The SMILES string of the molecule is O=C(c1ccccc1)c1nnsc1Nc1ccc([N+](=O)[O-])cc1. The van der Waals surface area contributed by atoms with E-state index in [1.54, 1.807) is 36.4 Å². The van der Waals surface area contributed by atoms with Gasteiger partial charge in [-0.05, 0) is 12.1 Å². The summed E-state index contributed by atoms with van der Waals surface area (Å²) in [6.45, 7) is 0. The van der Waals surface area contributed by atoms with Crippen LogP contribution in [-0.2, 0) is 0 Å². The van der Waals surface area contributed by atoms with Crippen LogP contribution in [0.4, 0.5) is 16.4 Å². The average molecular weight is 326 g/mol. The van der Waals surface area contributed by atoms with Crippen LogP contribution in [0.1, 0.15) is 16.1 Å². The number of rotatable bonds is 5. The van der Waals surface area contributed by atoms with E-state index in [0.717, 1.165) is 11.5 Å². The molecule has 1 N–H and O–H groups in total. The molecule has 0 radical (unpaired) electrons. The molecule has 0 aliphatic heterocycles. The molecule has 114 valence electrons. The van der Waals surface area contributed by atoms with Gasteiger partial charge in [0.15, 0.2) is 5.69 Å². The molecule has 0 aliphatic rings. The van der Waals surface area contributed by atoms with E-state index in [9.17, 15) is 14.9 Å². The van der Waals surface area contributed by atoms with E-state index in [4.69, 9.17) is 0 Å². The summed E-state index contributed by atoms with van der Waals surface area (Å²) < 4.78 is 3.81. The van der Waals surface area contributed by atoms with Crippen molar-refractivity contribution in [2.45, 2.75) is 0 Å². The summed E-state index contributed by atoms with van der Waals surface area (Å²) in [6, 6.07) is 14.7. The largest absolute Gasteiger partial charge is 0.344 e. The van der Waals surface area contributed by atoms with E-state index < -0.39 is 4.92 Å². The van der Waals surface area contributed by atoms with Gasteiger partial charge in [-0.3, -0.25) is 14.9 Å². The monoisotopic (exact) mass is 326 g/mol. The fraction of sp³-hybridized carbons (Fsp3) is 0. The number of non-ortho nitro benzene ring substituents is 1. The Bertz CT molecular complexity index is 847. The van der Waals surface area contributed by atoms with E-state index in [0.29, 0.717) is 16.3 Å². The number of nitrogens with zero attached hydrogens (tertiary/aromatic N) is 3. The Hall–Kier alpha value is -3.13. The lowest BCUT2D eigenvalue weighted by Gasteiger charge is -2.04. The predicted octanol–water partition coefficient (Wildman–Crippen LogP) is 3.42. The van der Waals surface area contributed by atoms with Crippen LogP contribution >= 0.6 is 11.5 Å². The van der Waals surface area contributed by atoms with Crippen molar-refractivity contribution in [1.82, 2.24) is 9.59 Å². The first kappa shape index (κ1) is 14.8. The minimum atomic E-state index is -0.470. The third-order valence-electron chi connectivity index (χ3n) is 3.08. The molecule has 0 saturated carbocycles. The van der Waals surface area contributed by atoms with Gasteiger partial charge in [0.05, 0.1) is 4.92 Å². The van der Waals surface area contributed by atoms with Crippen molar-refractivity contribution in [3.05, 3.63) is 76.0 Å². The second kappa shape index (κ2) is 6.32. The van der Waals surface area contributed by atoms with Gasteiger partial charge in [0.25, 0.3) is 5.69 Å². The maximum Gasteiger partial charge on any atom is 0.269 e. The van der Waals surface area contributed by atoms with Gasteiger partial charge < -0.3 is 5.32 Å². The maximum atomic E-state index is 12.4. The zero-order valence-corrected chi connectivity index (χ0v) is 12.5. The number of nitro groups is 1. The van der Waals surface area contributed by atoms with Crippen LogP contribution in [0.25, 0.3) is 0 Å². The zero-order valence-electron chi connectivity index (χ0n) is 11.7. The Morgan fingerprint density at radius 3 is 2.43 bits per heavy atom. The topological polar surface area (TPSA) is 98.0 Å². The van der Waals surface area contributed by atoms with Gasteiger partial charge in [-0.25, -0.2) is 0 Å². The molecule has 0 aliphatic carbocycles. The highest BCUT2D eigenvalue weighted by molar-refractivity contribution is 7.10. The van der Waals surface area contributed by atoms with E-state index in [2.05, 4.69) is 14.9 Å². The minimum Gasteiger partial charge on any atom is -0.344 e. The maximum absolute atomic E-state index is 12.4. The molecule has 0 fully saturated rings. The summed E-state index contributed by atoms with van der Waals surface area (Å²) in [7, 11) is 0. The van der Waals surface area contributed by atoms with Crippen LogP contribution < -0.4 is 5.32 Å². The number of aromatic nitrogens is 2. The van der Waals surface area contributed by atoms with Gasteiger partial charge in [0, 0.05) is 34.9 Å². The van der Waals surface area contributed by atoms with Crippen LogP contribution in [0.5, 0.6) is 0 Å². The standard InChI is InChI=1S/C15H10N4O3S/c20-14(10-4-2-1-3-5-10)13-15(23-18-17-13)16-11-6-8-12(9-7-11)19(21)22/h1-9,16H. The Labute approximate surface area is 134 Å². The number of hydrogen-bond donors (Lipinski definition) is 1. The number of carbonyl (C=O) groups excluding carboxylic acids is 1. The van der Waals surface area contributed by atoms with Crippen LogP contribution in [0.15, 0.2) is 54.6 Å². The number of benzene rings is 2. The predicted molar refractivity (Wildman–Crippen MR) is 86.2 cm³/mol. The Morgan fingerprint density at radius 2 is 1.78 bits per heavy atom. The lowest BCUT2D eigenvalue weighted by Crippen LogP contribution is -2.04. The Kier molecular flexibility index (Phi) is 4.07. The fourth-order valence-electron chi connectivity index (χ4n) is 1.95. The highest BCUT2D eigenvalue weighted by atomic mass is 32.1. The molecule has 0 spiro atoms. The van der Waals surface area contributed by atoms with Gasteiger partial charge in [0.1, 0.15) is 5.00 Å². The summed E-state index contributed by atoms with van der Waals surface area (Å²) in [5, 5.41) is 18.0. The molecule has 0 amide bonds. The molecular weight excluding hydrogens is 316 g/mol. The lowest BCUT2D eigenvalue weighted by atomic mass is 10.1. The third kappa shape index (κ3) is 3.22. The van der Waals surface area contributed by atoms with Gasteiger partial charge >= 0.3 is 0 Å². The van der Waals surface area contributed by atoms with Crippen molar-refractivity contribution in [3.8, 4) is 0 Å². The molecule has 3 aromatic rings. The first-order chi connectivity index (χ1) is 11.1. The summed E-state index contributed by atoms with van der Waals surface area (Å²) in [5.41, 5.74) is 1.36. The second-order valence-electron chi connectivity index (χ2n) is 4.57. The average Bonchev–Trinajstić information content (AvgIpc) is 3.03. The van der Waals surface area contributed by atoms with Gasteiger partial charge in [-0.15, -0.1) is 5.10 Å². The number of nitro benzene ring substituents is 1. The van der Waals surface area contributed by atoms with Gasteiger partial charge in [-0.2, -0.15) is 0 Å². The molecule has 23 heavy (non-hydrogen) atoms. The Morgan fingerprint density at radius 1 is 1.09 bits per heavy atom. The molecule has 0 atom stereocenters. The van der Waals surface area contributed by atoms with Crippen molar-refractivity contribution in [3.63, 3.8) is 0 Å². The van der Waals surface area contributed by atoms with Crippen molar-refractivity contribution >= 4 is 33.7 Å². The first-order valence-corrected chi connectivity index (χ1v) is 7.36. The lowest BCUT2D eigenvalue weighted by molar-refractivity contribution is -0.384. The molecule has 8 heteroatoms. The molecular formula is C15H10N4O3S. The van der Waals surface area contributed by atoms with Crippen molar-refractivity contribution in [1.29, 1.82) is 0 Å². The number of nitrogens with one attached hydrogen (secondary N) is 1. The highest BCUT2D eigenvalue weighted by Gasteiger charge is 2.18. The molecule has 1 heterocycles. The fourth-order valence-corrected chi connectivity index (χ4v) is 2.53. The van der Waals surface area contributed by atoms with Crippen LogP contribution in [0.3, 0.4) is 0 Å². The molecule has 0 unspecified atom stereocenters. The zero-order chi connectivity index (χ0) is 16.2. The van der Waals surface area contributed by atoms with E-state index in [-0.39, 0.29) is 17.2 Å². The van der Waals surface area contributed by atoms with Crippen LogP contribution in [-0.4, -0.2) is 20.3 Å². The van der Waals surface area contributed by atoms with Gasteiger partial charge in [-0.1, -0.05) is 34.8 Å². The molecule has 0 saturated heterocycles. The van der Waals surface area contributed by atoms with Crippen molar-refractivity contribution in [2.24, 2.45) is 0 Å². The van der Waals surface area contributed by atoms with Crippen LogP contribution in [0, 0.1) is 10.1 Å². The van der Waals surface area contributed by atoms with E-state index >= 15 is 0 Å². The smallest absolute Gasteiger partial charge is 0.269 e. The second-order valence-corrected chi connectivity index (χ2v) is 5.33. The Balaban J connectivity index is 1.84. The summed E-state index contributed by atoms with van der Waals surface area (Å²) in [4.78, 5) is 22.6. The van der Waals surface area contributed by atoms with E-state index in [1.165, 1.54) is 12.1 Å². The van der Waals surface area contributed by atoms with Crippen molar-refractivity contribution < 1.29 is 9.72 Å². The summed E-state index contributed by atoms with van der Waals surface area (Å²) >= 11 is 1.05. The van der Waals surface area contributed by atoms with Crippen molar-refractivity contribution in [2.75, 3.05) is 5.32 Å². The van der Waals surface area contributed by atoms with Gasteiger partial charge in [0.2, 0.25) is 5.78 Å². The normalized spacial score (nSPS) is 10.3. The molecule has 3 rings (SSSR count). The quantitative estimate of drug-likeness (QED) is 0.438. The number of hydrogen-bond acceptors (Lipinski definition) is 7. The summed E-state index contributed by atoms with van der Waals surface area (Å²) in [5.74, 6) is -0.233. The molecule has 7 nitrogen and oxygen atoms in total. The first-order valence-electron chi connectivity index (χ1n) is 6.59. The number of anilines is 2.